The van der Waals surface area contributed by atoms with Crippen LogP contribution < -0.4 is 0 Å². The van der Waals surface area contributed by atoms with Crippen LogP contribution in [0.15, 0.2) is 12.2 Å². The van der Waals surface area contributed by atoms with Gasteiger partial charge in [-0.3, -0.25) is 0 Å². The van der Waals surface area contributed by atoms with Crippen LogP contribution in [0.25, 0.3) is 0 Å². The maximum absolute atomic E-state index is 12.8. The van der Waals surface area contributed by atoms with Crippen LogP contribution in [0.1, 0.15) is 13.8 Å². The van der Waals surface area contributed by atoms with Crippen LogP contribution >= 0.6 is 0 Å². The molecule has 6 heteroatoms. The van der Waals surface area contributed by atoms with Gasteiger partial charge in [-0.1, -0.05) is 6.08 Å². The molecule has 0 bridgehead atoms. The van der Waals surface area contributed by atoms with Crippen molar-refractivity contribution in [3.05, 3.63) is 12.2 Å². The fourth-order valence-electron chi connectivity index (χ4n) is 0.719. The summed E-state index contributed by atoms with van der Waals surface area (Å²) in [4.78, 5) is 0. The van der Waals surface area contributed by atoms with Crippen molar-refractivity contribution in [1.82, 2.24) is 0 Å². The molecule has 0 aromatic carbocycles. The zero-order valence-electron chi connectivity index (χ0n) is 6.92. The van der Waals surface area contributed by atoms with E-state index in [2.05, 4.69) is 0 Å². The third-order valence-corrected chi connectivity index (χ3v) is 1.45. The molecule has 0 aliphatic carbocycles. The molecule has 0 nitrogen and oxygen atoms in total. The van der Waals surface area contributed by atoms with E-state index in [1.807, 2.05) is 0 Å². The molecule has 1 atom stereocenters. The number of hydrogen-bond acceptors (Lipinski definition) is 0. The summed E-state index contributed by atoms with van der Waals surface area (Å²) in [5.41, 5.74) is -4.59. The largest absolute Gasteiger partial charge is 0.432 e. The van der Waals surface area contributed by atoms with Gasteiger partial charge in [0.25, 0.3) is 11.6 Å². The number of hydrogen-bond donors (Lipinski definition) is 0. The molecule has 0 heterocycles. The van der Waals surface area contributed by atoms with Crippen molar-refractivity contribution in [1.29, 1.82) is 0 Å². The van der Waals surface area contributed by atoms with Crippen LogP contribution in [0.3, 0.4) is 0 Å². The first-order valence-corrected chi connectivity index (χ1v) is 3.33. The van der Waals surface area contributed by atoms with Gasteiger partial charge in [0.2, 0.25) is 0 Å². The molecule has 0 saturated carbocycles. The van der Waals surface area contributed by atoms with Crippen molar-refractivity contribution < 1.29 is 26.3 Å². The lowest BCUT2D eigenvalue weighted by Gasteiger charge is -2.29. The zero-order valence-corrected chi connectivity index (χ0v) is 6.92. The molecule has 0 amide bonds. The van der Waals surface area contributed by atoms with E-state index in [4.69, 9.17) is 0 Å². The van der Waals surface area contributed by atoms with Gasteiger partial charge in [0, 0.05) is 6.92 Å². The lowest BCUT2D eigenvalue weighted by molar-refractivity contribution is -0.276. The molecule has 0 aliphatic rings. The highest BCUT2D eigenvalue weighted by Crippen LogP contribution is 2.45. The Kier molecular flexibility index (Phi) is 3.06. The molecule has 0 saturated heterocycles. The van der Waals surface area contributed by atoms with Gasteiger partial charge < -0.3 is 0 Å². The first kappa shape index (κ1) is 12.3. The van der Waals surface area contributed by atoms with E-state index < -0.39 is 17.8 Å². The predicted molar refractivity (Wildman–Crippen MR) is 35.3 cm³/mol. The topological polar surface area (TPSA) is 0 Å². The Morgan fingerprint density at radius 1 is 0.923 bits per heavy atom. The van der Waals surface area contributed by atoms with Gasteiger partial charge in [-0.25, -0.2) is 13.2 Å². The highest BCUT2D eigenvalue weighted by Gasteiger charge is 2.67. The van der Waals surface area contributed by atoms with Crippen LogP contribution in [0, 0.1) is 0 Å². The van der Waals surface area contributed by atoms with E-state index in [0.29, 0.717) is 6.08 Å². The van der Waals surface area contributed by atoms with Crippen molar-refractivity contribution in [3.63, 3.8) is 0 Å². The van der Waals surface area contributed by atoms with Gasteiger partial charge in [0.1, 0.15) is 0 Å². The first-order chi connectivity index (χ1) is 5.56. The van der Waals surface area contributed by atoms with Crippen molar-refractivity contribution in [2.45, 2.75) is 31.6 Å². The summed E-state index contributed by atoms with van der Waals surface area (Å²) in [6, 6.07) is 0. The summed E-state index contributed by atoms with van der Waals surface area (Å²) >= 11 is 0. The number of alkyl halides is 6. The first-order valence-electron chi connectivity index (χ1n) is 3.33. The standard InChI is InChI=1S/C7H8F6/c1-3-4-6(10,5(2,8)9)7(11,12)13/h3-4H,1-2H3/b4-3+. The molecule has 0 fully saturated rings. The molecular formula is C7H8F6. The summed E-state index contributed by atoms with van der Waals surface area (Å²) in [7, 11) is 0. The fraction of sp³-hybridized carbons (Fsp3) is 0.714. The van der Waals surface area contributed by atoms with Crippen LogP contribution in [-0.2, 0) is 0 Å². The van der Waals surface area contributed by atoms with E-state index in [-0.39, 0.29) is 13.0 Å². The second-order valence-electron chi connectivity index (χ2n) is 2.60. The van der Waals surface area contributed by atoms with E-state index in [0.717, 1.165) is 6.92 Å². The molecule has 13 heavy (non-hydrogen) atoms. The minimum Gasteiger partial charge on any atom is -0.222 e. The van der Waals surface area contributed by atoms with Gasteiger partial charge in [0.05, 0.1) is 0 Å². The third kappa shape index (κ3) is 2.16. The molecule has 0 rings (SSSR count). The molecule has 0 aliphatic heterocycles. The highest BCUT2D eigenvalue weighted by molar-refractivity contribution is 5.11. The van der Waals surface area contributed by atoms with Gasteiger partial charge in [-0.05, 0) is 13.0 Å². The molecule has 0 N–H and O–H groups in total. The smallest absolute Gasteiger partial charge is 0.222 e. The second-order valence-corrected chi connectivity index (χ2v) is 2.60. The molecule has 0 aromatic rings. The number of rotatable bonds is 2. The van der Waals surface area contributed by atoms with Gasteiger partial charge >= 0.3 is 6.18 Å². The monoisotopic (exact) mass is 206 g/mol. The van der Waals surface area contributed by atoms with Crippen LogP contribution in [-0.4, -0.2) is 17.8 Å². The summed E-state index contributed by atoms with van der Waals surface area (Å²) < 4.78 is 73.1. The quantitative estimate of drug-likeness (QED) is 0.479. The lowest BCUT2D eigenvalue weighted by atomic mass is 9.98. The minimum atomic E-state index is -5.61. The van der Waals surface area contributed by atoms with Crippen LogP contribution in [0.2, 0.25) is 0 Å². The Balaban J connectivity index is 5.21. The number of allylic oxidation sites excluding steroid dienone is 2. The summed E-state index contributed by atoms with van der Waals surface area (Å²) in [6.07, 6.45) is -5.20. The van der Waals surface area contributed by atoms with Crippen molar-refractivity contribution in [2.75, 3.05) is 0 Å². The van der Waals surface area contributed by atoms with E-state index in [1.165, 1.54) is 0 Å². The summed E-state index contributed by atoms with van der Waals surface area (Å²) in [5, 5.41) is 0. The maximum atomic E-state index is 12.8. The van der Waals surface area contributed by atoms with Crippen LogP contribution in [0.5, 0.6) is 0 Å². The van der Waals surface area contributed by atoms with E-state index in [9.17, 15) is 26.3 Å². The number of halogens is 6. The van der Waals surface area contributed by atoms with Crippen molar-refractivity contribution in [3.8, 4) is 0 Å². The van der Waals surface area contributed by atoms with E-state index in [1.54, 1.807) is 0 Å². The molecule has 0 radical (unpaired) electrons. The van der Waals surface area contributed by atoms with Crippen molar-refractivity contribution >= 4 is 0 Å². The SMILES string of the molecule is C/C=C/C(F)(C(C)(F)F)C(F)(F)F. The Morgan fingerprint density at radius 3 is 1.38 bits per heavy atom. The minimum absolute atomic E-state index is 0.111. The Hall–Kier alpha value is -0.680. The van der Waals surface area contributed by atoms with E-state index >= 15 is 0 Å². The molecule has 78 valence electrons. The zero-order chi connectivity index (χ0) is 10.9. The highest BCUT2D eigenvalue weighted by atomic mass is 19.4. The maximum Gasteiger partial charge on any atom is 0.432 e. The molecule has 1 unspecified atom stereocenters. The van der Waals surface area contributed by atoms with Crippen LogP contribution in [0.4, 0.5) is 26.3 Å². The van der Waals surface area contributed by atoms with Gasteiger partial charge in [0.15, 0.2) is 0 Å². The average molecular weight is 206 g/mol. The second kappa shape index (κ2) is 3.23. The summed E-state index contributed by atoms with van der Waals surface area (Å²) in [6.45, 7) is 0.923. The molecular weight excluding hydrogens is 198 g/mol. The third-order valence-electron chi connectivity index (χ3n) is 1.45. The Labute approximate surface area is 71.2 Å². The Bertz CT molecular complexity index is 182. The van der Waals surface area contributed by atoms with Crippen molar-refractivity contribution in [2.24, 2.45) is 0 Å². The molecule has 0 spiro atoms. The summed E-state index contributed by atoms with van der Waals surface area (Å²) in [5.74, 6) is -4.49. The molecule has 0 aromatic heterocycles. The predicted octanol–water partition coefficient (Wildman–Crippen LogP) is 3.49. The van der Waals surface area contributed by atoms with Gasteiger partial charge in [-0.15, -0.1) is 0 Å². The van der Waals surface area contributed by atoms with Gasteiger partial charge in [-0.2, -0.15) is 13.2 Å². The normalized spacial score (nSPS) is 19.1. The fourth-order valence-corrected chi connectivity index (χ4v) is 0.719. The Morgan fingerprint density at radius 2 is 1.31 bits per heavy atom. The lowest BCUT2D eigenvalue weighted by Crippen LogP contribution is -2.52. The average Bonchev–Trinajstić information content (AvgIpc) is 1.82.